The lowest BCUT2D eigenvalue weighted by Gasteiger charge is -2.47. The predicted octanol–water partition coefficient (Wildman–Crippen LogP) is 1.98. The molecule has 2 N–H and O–H groups in total. The molecule has 5 aliphatic rings. The van der Waals surface area contributed by atoms with Crippen molar-refractivity contribution in [1.29, 1.82) is 0 Å². The van der Waals surface area contributed by atoms with E-state index in [2.05, 4.69) is 15.5 Å². The third-order valence-corrected chi connectivity index (χ3v) is 6.52. The van der Waals surface area contributed by atoms with E-state index < -0.39 is 0 Å². The first-order valence-electron chi connectivity index (χ1n) is 9.12. The lowest BCUT2D eigenvalue weighted by atomic mass is 9.82. The third-order valence-electron chi connectivity index (χ3n) is 6.52. The molecule has 3 nitrogen and oxygen atoms in total. The van der Waals surface area contributed by atoms with Crippen molar-refractivity contribution in [3.05, 3.63) is 0 Å². The van der Waals surface area contributed by atoms with Crippen LogP contribution in [0.2, 0.25) is 0 Å². The standard InChI is InChI=1S/C17H31N3/c1-2-9-18-15(5-1)14-4-3-6-16(14)19-17-12-20-10-7-13(17)8-11-20/h13-19H,1-12H2. The van der Waals surface area contributed by atoms with Crippen molar-refractivity contribution >= 4 is 0 Å². The Morgan fingerprint density at radius 3 is 2.45 bits per heavy atom. The molecule has 4 heterocycles. The molecular weight excluding hydrogens is 246 g/mol. The van der Waals surface area contributed by atoms with E-state index in [4.69, 9.17) is 0 Å². The first kappa shape index (κ1) is 13.5. The molecule has 20 heavy (non-hydrogen) atoms. The monoisotopic (exact) mass is 277 g/mol. The van der Waals surface area contributed by atoms with Crippen LogP contribution in [0.1, 0.15) is 51.4 Å². The van der Waals surface area contributed by atoms with Crippen LogP contribution >= 0.6 is 0 Å². The SMILES string of the molecule is C1CCC(C2CCCC2NC2CN3CCC2CC3)NC1. The highest BCUT2D eigenvalue weighted by molar-refractivity contribution is 4.97. The van der Waals surface area contributed by atoms with Crippen molar-refractivity contribution in [2.75, 3.05) is 26.2 Å². The largest absolute Gasteiger partial charge is 0.314 e. The maximum absolute atomic E-state index is 4.11. The molecule has 4 unspecified atom stereocenters. The zero-order chi connectivity index (χ0) is 13.4. The van der Waals surface area contributed by atoms with Crippen LogP contribution in [0, 0.1) is 11.8 Å². The van der Waals surface area contributed by atoms with Gasteiger partial charge in [0.15, 0.2) is 0 Å². The summed E-state index contributed by atoms with van der Waals surface area (Å²) < 4.78 is 0. The fourth-order valence-corrected chi connectivity index (χ4v) is 5.35. The highest BCUT2D eigenvalue weighted by atomic mass is 15.2. The van der Waals surface area contributed by atoms with Gasteiger partial charge in [0.2, 0.25) is 0 Å². The van der Waals surface area contributed by atoms with E-state index in [0.29, 0.717) is 0 Å². The van der Waals surface area contributed by atoms with Crippen LogP contribution in [0.25, 0.3) is 0 Å². The van der Waals surface area contributed by atoms with E-state index in [1.54, 1.807) is 0 Å². The number of fused-ring (bicyclic) bond motifs is 3. The molecule has 4 saturated heterocycles. The zero-order valence-corrected chi connectivity index (χ0v) is 12.8. The van der Waals surface area contributed by atoms with Gasteiger partial charge in [-0.25, -0.2) is 0 Å². The van der Waals surface area contributed by atoms with Crippen LogP contribution in [0.15, 0.2) is 0 Å². The molecule has 0 aromatic carbocycles. The molecule has 1 aliphatic carbocycles. The van der Waals surface area contributed by atoms with E-state index in [1.807, 2.05) is 0 Å². The van der Waals surface area contributed by atoms with Crippen molar-refractivity contribution in [2.24, 2.45) is 11.8 Å². The minimum Gasteiger partial charge on any atom is -0.314 e. The summed E-state index contributed by atoms with van der Waals surface area (Å²) in [6.45, 7) is 5.31. The van der Waals surface area contributed by atoms with E-state index in [1.165, 1.54) is 77.5 Å². The minimum absolute atomic E-state index is 0.798. The second kappa shape index (κ2) is 5.94. The van der Waals surface area contributed by atoms with E-state index in [-0.39, 0.29) is 0 Å². The Bertz CT molecular complexity index is 318. The average molecular weight is 277 g/mol. The highest BCUT2D eigenvalue weighted by Gasteiger charge is 2.39. The van der Waals surface area contributed by atoms with Crippen LogP contribution < -0.4 is 10.6 Å². The van der Waals surface area contributed by atoms with Gasteiger partial charge in [-0.2, -0.15) is 0 Å². The van der Waals surface area contributed by atoms with E-state index in [0.717, 1.165) is 30.0 Å². The normalized spacial score (nSPS) is 48.6. The number of piperidine rings is 4. The Balaban J connectivity index is 1.37. The molecule has 0 amide bonds. The van der Waals surface area contributed by atoms with Gasteiger partial charge in [-0.1, -0.05) is 12.8 Å². The van der Waals surface area contributed by atoms with E-state index in [9.17, 15) is 0 Å². The van der Waals surface area contributed by atoms with E-state index >= 15 is 0 Å². The summed E-state index contributed by atoms with van der Waals surface area (Å²) in [5, 5.41) is 7.93. The molecular formula is C17H31N3. The lowest BCUT2D eigenvalue weighted by Crippen LogP contribution is -2.59. The second-order valence-corrected chi connectivity index (χ2v) is 7.67. The van der Waals surface area contributed by atoms with Crippen LogP contribution in [0.4, 0.5) is 0 Å². The molecule has 4 atom stereocenters. The third kappa shape index (κ3) is 2.65. The number of nitrogens with one attached hydrogen (secondary N) is 2. The fraction of sp³-hybridized carbons (Fsp3) is 1.00. The summed E-state index contributed by atoms with van der Waals surface area (Å²) in [6.07, 6.45) is 11.5. The van der Waals surface area contributed by atoms with Gasteiger partial charge in [-0.15, -0.1) is 0 Å². The maximum Gasteiger partial charge on any atom is 0.0226 e. The van der Waals surface area contributed by atoms with Gasteiger partial charge >= 0.3 is 0 Å². The molecule has 0 aromatic heterocycles. The van der Waals surface area contributed by atoms with Gasteiger partial charge in [-0.05, 0) is 70.0 Å². The van der Waals surface area contributed by atoms with Crippen LogP contribution in [0.5, 0.6) is 0 Å². The Labute approximate surface area is 123 Å². The van der Waals surface area contributed by atoms with Gasteiger partial charge in [0.1, 0.15) is 0 Å². The molecule has 0 spiro atoms. The fourth-order valence-electron chi connectivity index (χ4n) is 5.35. The van der Waals surface area contributed by atoms with Gasteiger partial charge in [0.05, 0.1) is 0 Å². The van der Waals surface area contributed by atoms with Gasteiger partial charge in [-0.3, -0.25) is 0 Å². The maximum atomic E-state index is 4.11. The minimum atomic E-state index is 0.798. The number of hydrogen-bond acceptors (Lipinski definition) is 3. The smallest absolute Gasteiger partial charge is 0.0226 e. The number of hydrogen-bond donors (Lipinski definition) is 2. The quantitative estimate of drug-likeness (QED) is 0.826. The molecule has 0 aromatic rings. The summed E-state index contributed by atoms with van der Waals surface area (Å²) in [4.78, 5) is 2.68. The first-order chi connectivity index (χ1) is 9.90. The molecule has 114 valence electrons. The van der Waals surface area contributed by atoms with Crippen molar-refractivity contribution in [1.82, 2.24) is 15.5 Å². The molecule has 5 rings (SSSR count). The van der Waals surface area contributed by atoms with Crippen molar-refractivity contribution in [2.45, 2.75) is 69.5 Å². The summed E-state index contributed by atoms with van der Waals surface area (Å²) in [5.41, 5.74) is 0. The summed E-state index contributed by atoms with van der Waals surface area (Å²) in [5.74, 6) is 1.88. The Morgan fingerprint density at radius 2 is 1.75 bits per heavy atom. The molecule has 3 heteroatoms. The summed E-state index contributed by atoms with van der Waals surface area (Å²) in [7, 11) is 0. The molecule has 1 saturated carbocycles. The molecule has 2 bridgehead atoms. The summed E-state index contributed by atoms with van der Waals surface area (Å²) in [6, 6.07) is 2.41. The highest BCUT2D eigenvalue weighted by Crippen LogP contribution is 2.34. The first-order valence-corrected chi connectivity index (χ1v) is 9.12. The van der Waals surface area contributed by atoms with Crippen LogP contribution in [0.3, 0.4) is 0 Å². The number of rotatable bonds is 3. The predicted molar refractivity (Wildman–Crippen MR) is 82.9 cm³/mol. The molecule has 5 fully saturated rings. The topological polar surface area (TPSA) is 27.3 Å². The molecule has 0 radical (unpaired) electrons. The Kier molecular flexibility index (Phi) is 4.02. The Morgan fingerprint density at radius 1 is 0.850 bits per heavy atom. The van der Waals surface area contributed by atoms with Crippen molar-refractivity contribution in [3.8, 4) is 0 Å². The average Bonchev–Trinajstić information content (AvgIpc) is 2.97. The Hall–Kier alpha value is -0.120. The lowest BCUT2D eigenvalue weighted by molar-refractivity contribution is 0.0619. The van der Waals surface area contributed by atoms with Gasteiger partial charge < -0.3 is 15.5 Å². The summed E-state index contributed by atoms with van der Waals surface area (Å²) >= 11 is 0. The zero-order valence-electron chi connectivity index (χ0n) is 12.8. The van der Waals surface area contributed by atoms with Crippen molar-refractivity contribution < 1.29 is 0 Å². The second-order valence-electron chi connectivity index (χ2n) is 7.67. The van der Waals surface area contributed by atoms with Crippen LogP contribution in [-0.4, -0.2) is 49.2 Å². The van der Waals surface area contributed by atoms with Crippen LogP contribution in [-0.2, 0) is 0 Å². The van der Waals surface area contributed by atoms with Crippen molar-refractivity contribution in [3.63, 3.8) is 0 Å². The van der Waals surface area contributed by atoms with Gasteiger partial charge in [0, 0.05) is 24.7 Å². The molecule has 4 aliphatic heterocycles. The number of nitrogens with zero attached hydrogens (tertiary/aromatic N) is 1. The van der Waals surface area contributed by atoms with Gasteiger partial charge in [0.25, 0.3) is 0 Å².